The molecule has 0 aliphatic carbocycles. The number of ether oxygens (including phenoxy) is 1. The maximum absolute atomic E-state index is 11.8. The first-order valence-electron chi connectivity index (χ1n) is 5.78. The molecule has 0 saturated carbocycles. The van der Waals surface area contributed by atoms with Crippen molar-refractivity contribution in [1.29, 1.82) is 0 Å². The number of likely N-dealkylation sites (N-methyl/N-ethyl adjacent to an activating group) is 1. The molecule has 0 aromatic heterocycles. The first-order valence-corrected chi connectivity index (χ1v) is 5.78. The van der Waals surface area contributed by atoms with Crippen LogP contribution in [-0.2, 0) is 9.53 Å². The molecule has 0 aliphatic rings. The molecule has 0 N–H and O–H groups in total. The van der Waals surface area contributed by atoms with Gasteiger partial charge in [-0.1, -0.05) is 13.8 Å². The van der Waals surface area contributed by atoms with Crippen LogP contribution in [0.5, 0.6) is 0 Å². The van der Waals surface area contributed by atoms with Gasteiger partial charge >= 0.3 is 5.97 Å². The van der Waals surface area contributed by atoms with Gasteiger partial charge in [-0.25, -0.2) is 0 Å². The van der Waals surface area contributed by atoms with Crippen LogP contribution >= 0.6 is 0 Å². The van der Waals surface area contributed by atoms with E-state index in [1.807, 2.05) is 27.7 Å². The van der Waals surface area contributed by atoms with Crippen molar-refractivity contribution in [2.24, 2.45) is 0 Å². The van der Waals surface area contributed by atoms with Crippen molar-refractivity contribution in [3.8, 4) is 0 Å². The van der Waals surface area contributed by atoms with E-state index in [2.05, 4.69) is 18.7 Å². The largest absolute Gasteiger partial charge is 0.459 e. The molecule has 0 bridgehead atoms. The van der Waals surface area contributed by atoms with Gasteiger partial charge in [-0.3, -0.25) is 9.69 Å². The molecule has 0 aromatic carbocycles. The molecule has 0 amide bonds. The lowest BCUT2D eigenvalue weighted by Crippen LogP contribution is -2.42. The lowest BCUT2D eigenvalue weighted by atomic mass is 10.2. The fraction of sp³-hybridized carbons (Fsp3) is 0.917. The van der Waals surface area contributed by atoms with E-state index in [9.17, 15) is 4.79 Å². The Labute approximate surface area is 93.8 Å². The van der Waals surface area contributed by atoms with E-state index in [0.717, 1.165) is 19.5 Å². The standard InChI is InChI=1S/C12H25NO2/c1-7-9-13(8-2)10(3)11(14)15-12(4,5)6/h10H,7-9H2,1-6H3. The number of hydrogen-bond acceptors (Lipinski definition) is 3. The normalized spacial score (nSPS) is 14.1. The summed E-state index contributed by atoms with van der Waals surface area (Å²) in [5, 5.41) is 0. The van der Waals surface area contributed by atoms with Gasteiger partial charge in [0.2, 0.25) is 0 Å². The van der Waals surface area contributed by atoms with E-state index in [1.54, 1.807) is 0 Å². The molecule has 15 heavy (non-hydrogen) atoms. The molecule has 3 heteroatoms. The molecule has 1 unspecified atom stereocenters. The summed E-state index contributed by atoms with van der Waals surface area (Å²) in [7, 11) is 0. The Morgan fingerprint density at radius 3 is 2.20 bits per heavy atom. The zero-order valence-corrected chi connectivity index (χ0v) is 11.0. The third-order valence-corrected chi connectivity index (χ3v) is 2.21. The van der Waals surface area contributed by atoms with Crippen LogP contribution in [0.2, 0.25) is 0 Å². The second kappa shape index (κ2) is 6.11. The summed E-state index contributed by atoms with van der Waals surface area (Å²) >= 11 is 0. The highest BCUT2D eigenvalue weighted by Crippen LogP contribution is 2.11. The highest BCUT2D eigenvalue weighted by atomic mass is 16.6. The van der Waals surface area contributed by atoms with Gasteiger partial charge in [-0.2, -0.15) is 0 Å². The van der Waals surface area contributed by atoms with E-state index in [0.29, 0.717) is 0 Å². The average molecular weight is 215 g/mol. The minimum absolute atomic E-state index is 0.127. The van der Waals surface area contributed by atoms with E-state index in [4.69, 9.17) is 4.74 Å². The van der Waals surface area contributed by atoms with Crippen molar-refractivity contribution >= 4 is 5.97 Å². The van der Waals surface area contributed by atoms with Gasteiger partial charge in [0, 0.05) is 0 Å². The predicted octanol–water partition coefficient (Wildman–Crippen LogP) is 2.45. The second-order valence-electron chi connectivity index (χ2n) is 4.84. The van der Waals surface area contributed by atoms with Crippen molar-refractivity contribution in [3.05, 3.63) is 0 Å². The molecular weight excluding hydrogens is 190 g/mol. The van der Waals surface area contributed by atoms with Gasteiger partial charge < -0.3 is 4.74 Å². The van der Waals surface area contributed by atoms with Crippen LogP contribution < -0.4 is 0 Å². The van der Waals surface area contributed by atoms with Crippen LogP contribution in [0.4, 0.5) is 0 Å². The summed E-state index contributed by atoms with van der Waals surface area (Å²) in [6.07, 6.45) is 1.06. The predicted molar refractivity (Wildman–Crippen MR) is 62.8 cm³/mol. The topological polar surface area (TPSA) is 29.5 Å². The Morgan fingerprint density at radius 2 is 1.87 bits per heavy atom. The molecular formula is C12H25NO2. The van der Waals surface area contributed by atoms with E-state index in [-0.39, 0.29) is 12.0 Å². The lowest BCUT2D eigenvalue weighted by molar-refractivity contribution is -0.160. The zero-order valence-electron chi connectivity index (χ0n) is 11.0. The summed E-state index contributed by atoms with van der Waals surface area (Å²) in [5.41, 5.74) is -0.392. The fourth-order valence-corrected chi connectivity index (χ4v) is 1.45. The monoisotopic (exact) mass is 215 g/mol. The Kier molecular flexibility index (Phi) is 5.88. The third kappa shape index (κ3) is 5.78. The van der Waals surface area contributed by atoms with E-state index < -0.39 is 5.60 Å². The third-order valence-electron chi connectivity index (χ3n) is 2.21. The van der Waals surface area contributed by atoms with Crippen molar-refractivity contribution in [3.63, 3.8) is 0 Å². The maximum atomic E-state index is 11.8. The first kappa shape index (κ1) is 14.4. The summed E-state index contributed by atoms with van der Waals surface area (Å²) in [4.78, 5) is 13.9. The zero-order chi connectivity index (χ0) is 12.1. The van der Waals surface area contributed by atoms with Crippen LogP contribution in [0.25, 0.3) is 0 Å². The number of rotatable bonds is 5. The SMILES string of the molecule is CCCN(CC)C(C)C(=O)OC(C)(C)C. The first-order chi connectivity index (χ1) is 6.81. The molecule has 1 atom stereocenters. The minimum atomic E-state index is -0.392. The number of nitrogens with zero attached hydrogens (tertiary/aromatic N) is 1. The Balaban J connectivity index is 4.28. The molecule has 0 radical (unpaired) electrons. The summed E-state index contributed by atoms with van der Waals surface area (Å²) in [6, 6.07) is -0.144. The van der Waals surface area contributed by atoms with E-state index >= 15 is 0 Å². The van der Waals surface area contributed by atoms with Crippen molar-refractivity contribution in [2.45, 2.75) is 59.6 Å². The quantitative estimate of drug-likeness (QED) is 0.660. The molecule has 0 saturated heterocycles. The molecule has 0 aromatic rings. The van der Waals surface area contributed by atoms with Gasteiger partial charge in [0.15, 0.2) is 0 Å². The molecule has 3 nitrogen and oxygen atoms in total. The van der Waals surface area contributed by atoms with Crippen LogP contribution in [0.1, 0.15) is 48.0 Å². The van der Waals surface area contributed by atoms with Crippen LogP contribution in [0.15, 0.2) is 0 Å². The average Bonchev–Trinajstić information content (AvgIpc) is 2.10. The molecule has 0 fully saturated rings. The Hall–Kier alpha value is -0.570. The van der Waals surface area contributed by atoms with E-state index in [1.165, 1.54) is 0 Å². The van der Waals surface area contributed by atoms with Gasteiger partial charge in [0.1, 0.15) is 11.6 Å². The van der Waals surface area contributed by atoms with Gasteiger partial charge in [0.05, 0.1) is 0 Å². The highest BCUT2D eigenvalue weighted by molar-refractivity contribution is 5.75. The minimum Gasteiger partial charge on any atom is -0.459 e. The smallest absolute Gasteiger partial charge is 0.323 e. The van der Waals surface area contributed by atoms with Gasteiger partial charge in [-0.15, -0.1) is 0 Å². The van der Waals surface area contributed by atoms with Gasteiger partial charge in [-0.05, 0) is 47.2 Å². The lowest BCUT2D eigenvalue weighted by Gasteiger charge is -2.29. The maximum Gasteiger partial charge on any atom is 0.323 e. The molecule has 0 heterocycles. The van der Waals surface area contributed by atoms with Gasteiger partial charge in [0.25, 0.3) is 0 Å². The highest BCUT2D eigenvalue weighted by Gasteiger charge is 2.25. The van der Waals surface area contributed by atoms with Crippen molar-refractivity contribution < 1.29 is 9.53 Å². The van der Waals surface area contributed by atoms with Crippen molar-refractivity contribution in [1.82, 2.24) is 4.90 Å². The Bertz CT molecular complexity index is 196. The fourth-order valence-electron chi connectivity index (χ4n) is 1.45. The summed E-state index contributed by atoms with van der Waals surface area (Å²) in [6.45, 7) is 13.6. The molecule has 0 aliphatic heterocycles. The molecule has 90 valence electrons. The number of carbonyl (C=O) groups is 1. The molecule has 0 rings (SSSR count). The van der Waals surface area contributed by atoms with Crippen LogP contribution in [0, 0.1) is 0 Å². The molecule has 0 spiro atoms. The Morgan fingerprint density at radius 1 is 1.33 bits per heavy atom. The van der Waals surface area contributed by atoms with Crippen LogP contribution in [-0.4, -0.2) is 35.6 Å². The van der Waals surface area contributed by atoms with Crippen molar-refractivity contribution in [2.75, 3.05) is 13.1 Å². The second-order valence-corrected chi connectivity index (χ2v) is 4.84. The summed E-state index contributed by atoms with van der Waals surface area (Å²) in [5.74, 6) is -0.127. The van der Waals surface area contributed by atoms with Crippen LogP contribution in [0.3, 0.4) is 0 Å². The number of esters is 1. The summed E-state index contributed by atoms with van der Waals surface area (Å²) < 4.78 is 5.35. The number of carbonyl (C=O) groups excluding carboxylic acids is 1. The number of hydrogen-bond donors (Lipinski definition) is 0.